The average molecular weight is 349 g/mol. The molecule has 0 aliphatic rings. The monoisotopic (exact) mass is 349 g/mol. The Hall–Kier alpha value is -2.04. The number of carbonyl (C=O) groups excluding carboxylic acids is 2. The molecule has 0 heterocycles. The Morgan fingerprint density at radius 1 is 0.840 bits per heavy atom. The third kappa shape index (κ3) is 12.0. The number of esters is 1. The van der Waals surface area contributed by atoms with Gasteiger partial charge in [0.25, 0.3) is 0 Å². The summed E-state index contributed by atoms with van der Waals surface area (Å²) in [6.07, 6.45) is 10.2. The minimum Gasteiger partial charge on any atom is -0.469 e. The van der Waals surface area contributed by atoms with Crippen molar-refractivity contribution in [2.24, 2.45) is 0 Å². The van der Waals surface area contributed by atoms with E-state index >= 15 is 0 Å². The molecule has 0 aliphatic heterocycles. The van der Waals surface area contributed by atoms with Crippen molar-refractivity contribution in [3.63, 3.8) is 0 Å². The molecular weight excluding hydrogens is 318 g/mol. The molecular formula is C20H31NO4. The van der Waals surface area contributed by atoms with Gasteiger partial charge in [-0.1, -0.05) is 63.1 Å². The Kier molecular flexibility index (Phi) is 12.0. The van der Waals surface area contributed by atoms with Gasteiger partial charge < -0.3 is 9.47 Å². The first kappa shape index (κ1) is 21.0. The molecule has 1 aromatic carbocycles. The van der Waals surface area contributed by atoms with Crippen LogP contribution in [0.3, 0.4) is 0 Å². The number of unbranched alkanes of at least 4 members (excludes halogenated alkanes) is 8. The van der Waals surface area contributed by atoms with Crippen molar-refractivity contribution in [2.45, 2.75) is 64.2 Å². The van der Waals surface area contributed by atoms with Gasteiger partial charge in [-0.3, -0.25) is 10.1 Å². The fraction of sp³-hybridized carbons (Fsp3) is 0.600. The second-order valence-electron chi connectivity index (χ2n) is 6.14. The minimum absolute atomic E-state index is 0.111. The zero-order chi connectivity index (χ0) is 18.2. The number of nitrogens with one attached hydrogen (secondary N) is 1. The zero-order valence-corrected chi connectivity index (χ0v) is 15.3. The van der Waals surface area contributed by atoms with Crippen LogP contribution >= 0.6 is 0 Å². The molecule has 1 rings (SSSR count). The Bertz CT molecular complexity index is 476. The number of rotatable bonds is 13. The maximum absolute atomic E-state index is 11.6. The summed E-state index contributed by atoms with van der Waals surface area (Å²) in [5.41, 5.74) is 0.749. The molecule has 0 atom stereocenters. The topological polar surface area (TPSA) is 64.6 Å². The van der Waals surface area contributed by atoms with E-state index in [1.807, 2.05) is 30.3 Å². The highest BCUT2D eigenvalue weighted by atomic mass is 16.5. The normalized spacial score (nSPS) is 10.3. The number of hydrogen-bond donors (Lipinski definition) is 1. The fourth-order valence-electron chi connectivity index (χ4n) is 2.55. The van der Waals surface area contributed by atoms with Crippen molar-refractivity contribution < 1.29 is 19.1 Å². The quantitative estimate of drug-likeness (QED) is 0.387. The lowest BCUT2D eigenvalue weighted by atomic mass is 10.1. The van der Waals surface area contributed by atoms with E-state index in [1.54, 1.807) is 0 Å². The van der Waals surface area contributed by atoms with Gasteiger partial charge in [-0.2, -0.15) is 0 Å². The number of ether oxygens (including phenoxy) is 2. The van der Waals surface area contributed by atoms with Gasteiger partial charge in [0, 0.05) is 12.1 Å². The van der Waals surface area contributed by atoms with E-state index in [2.05, 4.69) is 10.1 Å². The number of carbonyl (C=O) groups is 2. The van der Waals surface area contributed by atoms with Gasteiger partial charge in [0.15, 0.2) is 0 Å². The highest BCUT2D eigenvalue weighted by Crippen LogP contribution is 2.11. The van der Waals surface area contributed by atoms with E-state index in [9.17, 15) is 9.59 Å². The van der Waals surface area contributed by atoms with Gasteiger partial charge in [-0.05, 0) is 25.0 Å². The van der Waals surface area contributed by atoms with Crippen LogP contribution in [-0.4, -0.2) is 25.8 Å². The van der Waals surface area contributed by atoms with Gasteiger partial charge in [-0.15, -0.1) is 0 Å². The maximum atomic E-state index is 11.6. The van der Waals surface area contributed by atoms with Crippen molar-refractivity contribution >= 4 is 17.7 Å². The Morgan fingerprint density at radius 3 is 2.00 bits per heavy atom. The molecule has 1 N–H and O–H groups in total. The predicted octanol–water partition coefficient (Wildman–Crippen LogP) is 5.31. The molecule has 0 saturated heterocycles. The molecule has 0 spiro atoms. The maximum Gasteiger partial charge on any atom is 0.411 e. The first-order chi connectivity index (χ1) is 12.2. The molecule has 0 bridgehead atoms. The number of benzene rings is 1. The third-order valence-electron chi connectivity index (χ3n) is 4.01. The molecule has 25 heavy (non-hydrogen) atoms. The second kappa shape index (κ2) is 14.3. The minimum atomic E-state index is -0.391. The van der Waals surface area contributed by atoms with E-state index in [4.69, 9.17) is 4.74 Å². The summed E-state index contributed by atoms with van der Waals surface area (Å²) in [4.78, 5) is 22.5. The van der Waals surface area contributed by atoms with Crippen LogP contribution < -0.4 is 5.32 Å². The lowest BCUT2D eigenvalue weighted by molar-refractivity contribution is -0.140. The first-order valence-corrected chi connectivity index (χ1v) is 9.28. The molecule has 1 aromatic rings. The van der Waals surface area contributed by atoms with Crippen LogP contribution in [0.4, 0.5) is 10.5 Å². The van der Waals surface area contributed by atoms with Crippen LogP contribution in [0.1, 0.15) is 64.2 Å². The number of amides is 1. The summed E-state index contributed by atoms with van der Waals surface area (Å²) in [6, 6.07) is 9.30. The summed E-state index contributed by atoms with van der Waals surface area (Å²) in [7, 11) is 1.43. The molecule has 0 aliphatic carbocycles. The molecule has 0 fully saturated rings. The molecule has 5 nitrogen and oxygen atoms in total. The SMILES string of the molecule is COC(=O)CCCCCCCCCCCOC(=O)Nc1ccccc1. The average Bonchev–Trinajstić information content (AvgIpc) is 2.63. The summed E-state index contributed by atoms with van der Waals surface area (Å²) in [5, 5.41) is 2.70. The van der Waals surface area contributed by atoms with Gasteiger partial charge >= 0.3 is 12.1 Å². The van der Waals surface area contributed by atoms with Crippen molar-refractivity contribution in [1.29, 1.82) is 0 Å². The molecule has 140 valence electrons. The lowest BCUT2D eigenvalue weighted by Crippen LogP contribution is -2.14. The molecule has 5 heteroatoms. The Morgan fingerprint density at radius 2 is 1.40 bits per heavy atom. The van der Waals surface area contributed by atoms with E-state index in [0.717, 1.165) is 31.4 Å². The zero-order valence-electron chi connectivity index (χ0n) is 15.3. The Labute approximate surface area is 151 Å². The van der Waals surface area contributed by atoms with Crippen LogP contribution in [0.5, 0.6) is 0 Å². The summed E-state index contributed by atoms with van der Waals surface area (Å²) in [5.74, 6) is -0.111. The van der Waals surface area contributed by atoms with E-state index in [1.165, 1.54) is 39.2 Å². The fourth-order valence-corrected chi connectivity index (χ4v) is 2.55. The molecule has 0 radical (unpaired) electrons. The first-order valence-electron chi connectivity index (χ1n) is 9.28. The Balaban J connectivity index is 1.83. The van der Waals surface area contributed by atoms with Crippen molar-refractivity contribution in [2.75, 3.05) is 19.0 Å². The number of hydrogen-bond acceptors (Lipinski definition) is 4. The van der Waals surface area contributed by atoms with Crippen LogP contribution in [-0.2, 0) is 14.3 Å². The standard InChI is InChI=1S/C20H31NO4/c1-24-19(22)16-12-7-5-3-2-4-6-8-13-17-25-20(23)21-18-14-10-9-11-15-18/h9-11,14-15H,2-8,12-13,16-17H2,1H3,(H,21,23). The second-order valence-corrected chi connectivity index (χ2v) is 6.14. The molecule has 1 amide bonds. The van der Waals surface area contributed by atoms with Gasteiger partial charge in [0.2, 0.25) is 0 Å². The summed E-state index contributed by atoms with van der Waals surface area (Å²) in [6.45, 7) is 0.464. The van der Waals surface area contributed by atoms with E-state index in [0.29, 0.717) is 13.0 Å². The lowest BCUT2D eigenvalue weighted by Gasteiger charge is -2.07. The van der Waals surface area contributed by atoms with Gasteiger partial charge in [0.05, 0.1) is 13.7 Å². The van der Waals surface area contributed by atoms with Crippen LogP contribution in [0.2, 0.25) is 0 Å². The number of methoxy groups -OCH3 is 1. The van der Waals surface area contributed by atoms with Crippen LogP contribution in [0, 0.1) is 0 Å². The highest BCUT2D eigenvalue weighted by molar-refractivity contribution is 5.84. The summed E-state index contributed by atoms with van der Waals surface area (Å²) >= 11 is 0. The van der Waals surface area contributed by atoms with Crippen LogP contribution in [0.15, 0.2) is 30.3 Å². The number of para-hydroxylation sites is 1. The molecule has 0 unspecified atom stereocenters. The highest BCUT2D eigenvalue weighted by Gasteiger charge is 2.02. The molecule has 0 saturated carbocycles. The van der Waals surface area contributed by atoms with Gasteiger partial charge in [-0.25, -0.2) is 4.79 Å². The van der Waals surface area contributed by atoms with Crippen molar-refractivity contribution in [3.05, 3.63) is 30.3 Å². The smallest absolute Gasteiger partial charge is 0.411 e. The van der Waals surface area contributed by atoms with Crippen molar-refractivity contribution in [1.82, 2.24) is 0 Å². The molecule has 0 aromatic heterocycles. The predicted molar refractivity (Wildman–Crippen MR) is 99.6 cm³/mol. The van der Waals surface area contributed by atoms with Crippen molar-refractivity contribution in [3.8, 4) is 0 Å². The third-order valence-corrected chi connectivity index (χ3v) is 4.01. The van der Waals surface area contributed by atoms with E-state index in [-0.39, 0.29) is 5.97 Å². The number of anilines is 1. The van der Waals surface area contributed by atoms with Crippen LogP contribution in [0.25, 0.3) is 0 Å². The summed E-state index contributed by atoms with van der Waals surface area (Å²) < 4.78 is 9.77. The van der Waals surface area contributed by atoms with Gasteiger partial charge in [0.1, 0.15) is 0 Å². The largest absolute Gasteiger partial charge is 0.469 e. The van der Waals surface area contributed by atoms with E-state index < -0.39 is 6.09 Å².